The van der Waals surface area contributed by atoms with Gasteiger partial charge in [-0.15, -0.1) is 20.4 Å². The number of carbonyl (C=O) groups is 2. The molecule has 4 rings (SSSR count). The number of amides is 2. The molecule has 0 saturated heterocycles. The number of rotatable bonds is 10. The Labute approximate surface area is 221 Å². The summed E-state index contributed by atoms with van der Waals surface area (Å²) in [6.45, 7) is 0. The van der Waals surface area contributed by atoms with Gasteiger partial charge in [-0.25, -0.2) is 8.42 Å². The van der Waals surface area contributed by atoms with Gasteiger partial charge in [-0.05, 0) is 36.4 Å². The summed E-state index contributed by atoms with van der Waals surface area (Å²) in [6.07, 6.45) is 3.07. The van der Waals surface area contributed by atoms with E-state index in [0.29, 0.717) is 21.7 Å². The summed E-state index contributed by atoms with van der Waals surface area (Å²) in [4.78, 5) is 24.7. The number of aromatic nitrogens is 6. The van der Waals surface area contributed by atoms with E-state index in [1.54, 1.807) is 47.5 Å². The number of hydrogen-bond acceptors (Lipinski definition) is 10. The van der Waals surface area contributed by atoms with Crippen LogP contribution < -0.4 is 10.6 Å². The predicted octanol–water partition coefficient (Wildman–Crippen LogP) is 2.24. The van der Waals surface area contributed by atoms with Crippen molar-refractivity contribution >= 4 is 56.6 Å². The third-order valence-corrected chi connectivity index (χ3v) is 8.68. The molecule has 0 aliphatic rings. The average molecular weight is 559 g/mol. The SMILES string of the molecule is Cn1cnnc1SCC(=O)Nc1cccc(S(=O)(=O)c2cccc(NC(=O)CSc3nncn3C)c2)c1. The highest BCUT2D eigenvalue weighted by atomic mass is 32.2. The number of aryl methyl sites for hydroxylation is 2. The van der Waals surface area contributed by atoms with Gasteiger partial charge in [-0.1, -0.05) is 35.7 Å². The van der Waals surface area contributed by atoms with Crippen LogP contribution in [-0.4, -0.2) is 61.3 Å². The van der Waals surface area contributed by atoms with Crippen molar-refractivity contribution in [3.05, 3.63) is 61.2 Å². The van der Waals surface area contributed by atoms with Crippen LogP contribution in [0.15, 0.2) is 81.3 Å². The summed E-state index contributed by atoms with van der Waals surface area (Å²) in [7, 11) is -0.375. The predicted molar refractivity (Wildman–Crippen MR) is 139 cm³/mol. The van der Waals surface area contributed by atoms with Gasteiger partial charge < -0.3 is 19.8 Å². The van der Waals surface area contributed by atoms with Crippen LogP contribution in [0.1, 0.15) is 0 Å². The van der Waals surface area contributed by atoms with Crippen LogP contribution in [0.5, 0.6) is 0 Å². The van der Waals surface area contributed by atoms with Crippen LogP contribution >= 0.6 is 23.5 Å². The highest BCUT2D eigenvalue weighted by Gasteiger charge is 2.19. The fourth-order valence-corrected chi connectivity index (χ4v) is 5.81. The third kappa shape index (κ3) is 6.75. The molecule has 37 heavy (non-hydrogen) atoms. The molecule has 2 N–H and O–H groups in total. The second-order valence-corrected chi connectivity index (χ2v) is 11.5. The highest BCUT2D eigenvalue weighted by Crippen LogP contribution is 2.26. The number of carbonyl (C=O) groups excluding carboxylic acids is 2. The minimum Gasteiger partial charge on any atom is -0.325 e. The Morgan fingerprint density at radius 3 is 1.59 bits per heavy atom. The van der Waals surface area contributed by atoms with E-state index in [1.807, 2.05) is 0 Å². The minimum atomic E-state index is -3.92. The lowest BCUT2D eigenvalue weighted by Crippen LogP contribution is -2.15. The molecule has 0 aliphatic heterocycles. The lowest BCUT2D eigenvalue weighted by molar-refractivity contribution is -0.114. The molecule has 4 aromatic rings. The minimum absolute atomic E-state index is 0.00701. The number of thioether (sulfide) groups is 2. The molecule has 0 saturated carbocycles. The molecule has 12 nitrogen and oxygen atoms in total. The Morgan fingerprint density at radius 2 is 1.22 bits per heavy atom. The fourth-order valence-electron chi connectivity index (χ4n) is 3.08. The first-order valence-electron chi connectivity index (χ1n) is 10.7. The van der Waals surface area contributed by atoms with Crippen molar-refractivity contribution in [2.75, 3.05) is 22.1 Å². The third-order valence-electron chi connectivity index (χ3n) is 4.86. The topological polar surface area (TPSA) is 154 Å². The van der Waals surface area contributed by atoms with Gasteiger partial charge in [0.05, 0.1) is 21.3 Å². The quantitative estimate of drug-likeness (QED) is 0.277. The van der Waals surface area contributed by atoms with Gasteiger partial charge in [0, 0.05) is 25.5 Å². The van der Waals surface area contributed by atoms with Crippen molar-refractivity contribution in [3.63, 3.8) is 0 Å². The van der Waals surface area contributed by atoms with Gasteiger partial charge in [0.2, 0.25) is 21.7 Å². The molecule has 0 unspecified atom stereocenters. The number of nitrogens with zero attached hydrogens (tertiary/aromatic N) is 6. The second-order valence-electron chi connectivity index (χ2n) is 7.68. The Bertz CT molecular complexity index is 1430. The van der Waals surface area contributed by atoms with Crippen LogP contribution in [0.2, 0.25) is 0 Å². The normalized spacial score (nSPS) is 11.3. The number of sulfone groups is 1. The monoisotopic (exact) mass is 558 g/mol. The molecule has 0 fully saturated rings. The van der Waals surface area contributed by atoms with Crippen molar-refractivity contribution in [3.8, 4) is 0 Å². The average Bonchev–Trinajstić information content (AvgIpc) is 3.48. The molecule has 0 spiro atoms. The zero-order valence-corrected chi connectivity index (χ0v) is 22.2. The molecule has 192 valence electrons. The van der Waals surface area contributed by atoms with Crippen molar-refractivity contribution in [1.29, 1.82) is 0 Å². The van der Waals surface area contributed by atoms with E-state index < -0.39 is 9.84 Å². The summed E-state index contributed by atoms with van der Waals surface area (Å²) in [6, 6.07) is 12.0. The van der Waals surface area contributed by atoms with E-state index in [4.69, 9.17) is 0 Å². The van der Waals surface area contributed by atoms with Crippen molar-refractivity contribution < 1.29 is 18.0 Å². The molecule has 0 aliphatic carbocycles. The molecule has 2 heterocycles. The first-order chi connectivity index (χ1) is 17.7. The fraction of sp³-hybridized carbons (Fsp3) is 0.182. The molecule has 0 bridgehead atoms. The van der Waals surface area contributed by atoms with E-state index in [0.717, 1.165) is 0 Å². The van der Waals surface area contributed by atoms with Gasteiger partial charge in [-0.3, -0.25) is 9.59 Å². The number of hydrogen-bond donors (Lipinski definition) is 2. The summed E-state index contributed by atoms with van der Waals surface area (Å²) in [5.74, 6) is -0.460. The molecule has 0 radical (unpaired) electrons. The van der Waals surface area contributed by atoms with E-state index in [-0.39, 0.29) is 33.1 Å². The van der Waals surface area contributed by atoms with Gasteiger partial charge >= 0.3 is 0 Å². The Balaban J connectivity index is 1.41. The lowest BCUT2D eigenvalue weighted by Gasteiger charge is -2.10. The van der Waals surface area contributed by atoms with Crippen LogP contribution in [0.25, 0.3) is 0 Å². The van der Waals surface area contributed by atoms with E-state index >= 15 is 0 Å². The number of nitrogens with one attached hydrogen (secondary N) is 2. The van der Waals surface area contributed by atoms with Gasteiger partial charge in [0.25, 0.3) is 0 Å². The van der Waals surface area contributed by atoms with Crippen LogP contribution in [-0.2, 0) is 33.5 Å². The number of benzene rings is 2. The van der Waals surface area contributed by atoms with Crippen molar-refractivity contribution in [2.45, 2.75) is 20.1 Å². The molecule has 2 aromatic heterocycles. The van der Waals surface area contributed by atoms with Gasteiger partial charge in [0.1, 0.15) is 12.7 Å². The Kier molecular flexibility index (Phi) is 8.25. The van der Waals surface area contributed by atoms with Crippen LogP contribution in [0, 0.1) is 0 Å². The lowest BCUT2D eigenvalue weighted by atomic mass is 10.3. The summed E-state index contributed by atoms with van der Waals surface area (Å²) >= 11 is 2.43. The molecular formula is C22H22N8O4S3. The highest BCUT2D eigenvalue weighted by molar-refractivity contribution is 8.00. The first-order valence-corrected chi connectivity index (χ1v) is 14.2. The molecule has 2 aromatic carbocycles. The zero-order valence-electron chi connectivity index (χ0n) is 19.7. The standard InChI is InChI=1S/C22H22N8O4S3/c1-29-13-23-27-21(29)35-11-19(31)25-15-5-3-7-17(9-15)37(33,34)18-8-4-6-16(10-18)26-20(32)12-36-22-28-24-14-30(22)2/h3-10,13-14H,11-12H2,1-2H3,(H,25,31)(H,26,32). The van der Waals surface area contributed by atoms with Crippen LogP contribution in [0.3, 0.4) is 0 Å². The summed E-state index contributed by atoms with van der Waals surface area (Å²) < 4.78 is 29.9. The zero-order chi connectivity index (χ0) is 26.4. The molecular weight excluding hydrogens is 536 g/mol. The maximum absolute atomic E-state index is 13.3. The second kappa shape index (κ2) is 11.6. The summed E-state index contributed by atoms with van der Waals surface area (Å²) in [5.41, 5.74) is 0.685. The first kappa shape index (κ1) is 26.4. The van der Waals surface area contributed by atoms with Crippen LogP contribution in [0.4, 0.5) is 11.4 Å². The maximum Gasteiger partial charge on any atom is 0.234 e. The van der Waals surface area contributed by atoms with Crippen molar-refractivity contribution in [2.24, 2.45) is 14.1 Å². The largest absolute Gasteiger partial charge is 0.325 e. The van der Waals surface area contributed by atoms with E-state index in [9.17, 15) is 18.0 Å². The maximum atomic E-state index is 13.3. The Hall–Kier alpha value is -3.69. The van der Waals surface area contributed by atoms with Gasteiger partial charge in [0.15, 0.2) is 10.3 Å². The molecule has 2 amide bonds. The molecule has 15 heteroatoms. The van der Waals surface area contributed by atoms with Crippen molar-refractivity contribution in [1.82, 2.24) is 29.5 Å². The molecule has 0 atom stereocenters. The smallest absolute Gasteiger partial charge is 0.234 e. The Morgan fingerprint density at radius 1 is 0.784 bits per heavy atom. The van der Waals surface area contributed by atoms with Gasteiger partial charge in [-0.2, -0.15) is 0 Å². The summed E-state index contributed by atoms with van der Waals surface area (Å²) in [5, 5.41) is 21.9. The van der Waals surface area contributed by atoms with E-state index in [1.165, 1.54) is 60.4 Å². The van der Waals surface area contributed by atoms with E-state index in [2.05, 4.69) is 31.0 Å². The number of anilines is 2.